The Bertz CT molecular complexity index is 1200. The maximum Gasteiger partial charge on any atom is 0.254 e. The highest BCUT2D eigenvalue weighted by Crippen LogP contribution is 2.28. The topological polar surface area (TPSA) is 100 Å². The second-order valence-corrected chi connectivity index (χ2v) is 7.86. The highest BCUT2D eigenvalue weighted by atomic mass is 35.5. The molecule has 0 bridgehead atoms. The number of imide groups is 1. The van der Waals surface area contributed by atoms with Crippen LogP contribution in [0.4, 0.5) is 11.6 Å². The fourth-order valence-electron chi connectivity index (χ4n) is 3.35. The molecule has 2 aromatic heterocycles. The van der Waals surface area contributed by atoms with Crippen LogP contribution < -0.4 is 16.0 Å². The minimum Gasteiger partial charge on any atom is -0.367 e. The van der Waals surface area contributed by atoms with Crippen LogP contribution in [0, 0.1) is 0 Å². The van der Waals surface area contributed by atoms with Gasteiger partial charge in [0.1, 0.15) is 11.6 Å². The summed E-state index contributed by atoms with van der Waals surface area (Å²) >= 11 is 6.26. The third kappa shape index (κ3) is 3.73. The monoisotopic (exact) mass is 422 g/mol. The normalized spacial score (nSPS) is 17.6. The zero-order chi connectivity index (χ0) is 20.7. The minimum atomic E-state index is -0.372. The molecule has 2 aliphatic rings. The highest BCUT2D eigenvalue weighted by molar-refractivity contribution is 6.31. The molecule has 1 aromatic carbocycles. The number of fused-ring (bicyclic) bond motifs is 1. The van der Waals surface area contributed by atoms with Crippen molar-refractivity contribution < 1.29 is 9.59 Å². The predicted molar refractivity (Wildman–Crippen MR) is 114 cm³/mol. The molecule has 0 unspecified atom stereocenters. The Hall–Kier alpha value is -3.39. The maximum atomic E-state index is 11.9. The highest BCUT2D eigenvalue weighted by Gasteiger charge is 2.25. The van der Waals surface area contributed by atoms with Gasteiger partial charge in [0.05, 0.1) is 12.6 Å². The molecule has 3 heterocycles. The molecule has 3 N–H and O–H groups in total. The average Bonchev–Trinajstić information content (AvgIpc) is 3.36. The molecule has 0 spiro atoms. The van der Waals surface area contributed by atoms with E-state index in [9.17, 15) is 9.59 Å². The van der Waals surface area contributed by atoms with Crippen molar-refractivity contribution in [3.05, 3.63) is 58.3 Å². The number of nitrogens with zero attached hydrogens (tertiary/aromatic N) is 3. The van der Waals surface area contributed by atoms with E-state index in [0.29, 0.717) is 40.2 Å². The molecule has 9 heteroatoms. The summed E-state index contributed by atoms with van der Waals surface area (Å²) in [7, 11) is 0. The molecule has 0 radical (unpaired) electrons. The SMILES string of the molecule is O=C1CC(=Cc2cnn3c(NC4CC4)cc(NCc4ccccc4Cl)nc23)C(=O)N1. The summed E-state index contributed by atoms with van der Waals surface area (Å²) in [5, 5.41) is 14.2. The van der Waals surface area contributed by atoms with Crippen molar-refractivity contribution in [2.45, 2.75) is 31.8 Å². The van der Waals surface area contributed by atoms with Crippen LogP contribution in [0.2, 0.25) is 5.02 Å². The first-order valence-corrected chi connectivity index (χ1v) is 10.1. The van der Waals surface area contributed by atoms with E-state index in [-0.39, 0.29) is 18.2 Å². The van der Waals surface area contributed by atoms with E-state index in [1.165, 1.54) is 0 Å². The number of nitrogens with one attached hydrogen (secondary N) is 3. The quantitative estimate of drug-likeness (QED) is 0.417. The Morgan fingerprint density at radius 2 is 2.10 bits per heavy atom. The molecule has 1 aliphatic carbocycles. The Morgan fingerprint density at radius 3 is 2.83 bits per heavy atom. The van der Waals surface area contributed by atoms with Gasteiger partial charge in [0.15, 0.2) is 5.65 Å². The molecule has 8 nitrogen and oxygen atoms in total. The summed E-state index contributed by atoms with van der Waals surface area (Å²) in [6, 6.07) is 9.99. The van der Waals surface area contributed by atoms with Gasteiger partial charge in [-0.25, -0.2) is 4.98 Å². The van der Waals surface area contributed by atoms with E-state index >= 15 is 0 Å². The number of benzene rings is 1. The molecular weight excluding hydrogens is 404 g/mol. The lowest BCUT2D eigenvalue weighted by Gasteiger charge is -2.12. The number of aromatic nitrogens is 3. The minimum absolute atomic E-state index is 0.0633. The molecule has 3 aromatic rings. The van der Waals surface area contributed by atoms with Gasteiger partial charge in [-0.05, 0) is 30.5 Å². The van der Waals surface area contributed by atoms with Gasteiger partial charge >= 0.3 is 0 Å². The Balaban J connectivity index is 1.51. The first-order valence-electron chi connectivity index (χ1n) is 9.74. The van der Waals surface area contributed by atoms with Crippen molar-refractivity contribution in [1.82, 2.24) is 19.9 Å². The summed E-state index contributed by atoms with van der Waals surface area (Å²) in [6.07, 6.45) is 5.63. The number of hydrogen-bond acceptors (Lipinski definition) is 6. The van der Waals surface area contributed by atoms with Crippen LogP contribution in [-0.4, -0.2) is 32.5 Å². The molecule has 2 amide bonds. The molecule has 1 saturated heterocycles. The van der Waals surface area contributed by atoms with Gasteiger partial charge in [-0.15, -0.1) is 0 Å². The van der Waals surface area contributed by atoms with Gasteiger partial charge in [-0.2, -0.15) is 9.61 Å². The first kappa shape index (κ1) is 18.6. The van der Waals surface area contributed by atoms with E-state index < -0.39 is 0 Å². The number of carbonyl (C=O) groups excluding carboxylic acids is 2. The van der Waals surface area contributed by atoms with Gasteiger partial charge in [0, 0.05) is 34.8 Å². The van der Waals surface area contributed by atoms with Crippen LogP contribution in [0.5, 0.6) is 0 Å². The van der Waals surface area contributed by atoms with Gasteiger partial charge in [0.25, 0.3) is 5.91 Å². The van der Waals surface area contributed by atoms with Crippen molar-refractivity contribution >= 4 is 46.8 Å². The molecule has 2 fully saturated rings. The smallest absolute Gasteiger partial charge is 0.254 e. The van der Waals surface area contributed by atoms with Crippen molar-refractivity contribution in [2.75, 3.05) is 10.6 Å². The fourth-order valence-corrected chi connectivity index (χ4v) is 3.55. The number of halogens is 1. The molecule has 152 valence electrons. The van der Waals surface area contributed by atoms with Crippen LogP contribution in [0.1, 0.15) is 30.4 Å². The molecule has 30 heavy (non-hydrogen) atoms. The molecule has 1 saturated carbocycles. The van der Waals surface area contributed by atoms with Crippen LogP contribution in [0.25, 0.3) is 11.7 Å². The van der Waals surface area contributed by atoms with Crippen molar-refractivity contribution in [3.8, 4) is 0 Å². The van der Waals surface area contributed by atoms with Crippen molar-refractivity contribution in [3.63, 3.8) is 0 Å². The van der Waals surface area contributed by atoms with Gasteiger partial charge < -0.3 is 10.6 Å². The predicted octanol–water partition coefficient (Wildman–Crippen LogP) is 3.00. The second kappa shape index (κ2) is 7.46. The van der Waals surface area contributed by atoms with Gasteiger partial charge in [0.2, 0.25) is 5.91 Å². The van der Waals surface area contributed by atoms with E-state index in [4.69, 9.17) is 16.6 Å². The van der Waals surface area contributed by atoms with Crippen molar-refractivity contribution in [2.24, 2.45) is 0 Å². The van der Waals surface area contributed by atoms with Crippen molar-refractivity contribution in [1.29, 1.82) is 0 Å². The number of amides is 2. The lowest BCUT2D eigenvalue weighted by Crippen LogP contribution is -2.19. The number of hydrogen-bond donors (Lipinski definition) is 3. The van der Waals surface area contributed by atoms with Crippen LogP contribution in [0.3, 0.4) is 0 Å². The first-order chi connectivity index (χ1) is 14.6. The summed E-state index contributed by atoms with van der Waals surface area (Å²) in [4.78, 5) is 28.1. The van der Waals surface area contributed by atoms with Crippen LogP contribution in [0.15, 0.2) is 42.1 Å². The van der Waals surface area contributed by atoms with E-state index in [2.05, 4.69) is 21.0 Å². The number of anilines is 2. The number of rotatable bonds is 6. The van der Waals surface area contributed by atoms with Gasteiger partial charge in [-0.3, -0.25) is 14.9 Å². The summed E-state index contributed by atoms with van der Waals surface area (Å²) in [6.45, 7) is 0.521. The number of carbonyl (C=O) groups is 2. The van der Waals surface area contributed by atoms with Crippen LogP contribution in [-0.2, 0) is 16.1 Å². The molecule has 1 aliphatic heterocycles. The maximum absolute atomic E-state index is 11.9. The Kier molecular flexibility index (Phi) is 4.63. The zero-order valence-electron chi connectivity index (χ0n) is 16.0. The van der Waals surface area contributed by atoms with E-state index in [1.54, 1.807) is 16.8 Å². The summed E-state index contributed by atoms with van der Waals surface area (Å²) in [5.41, 5.74) is 2.65. The summed E-state index contributed by atoms with van der Waals surface area (Å²) in [5.74, 6) is 0.816. The zero-order valence-corrected chi connectivity index (χ0v) is 16.7. The third-order valence-corrected chi connectivity index (χ3v) is 5.44. The average molecular weight is 423 g/mol. The largest absolute Gasteiger partial charge is 0.367 e. The fraction of sp³-hybridized carbons (Fsp3) is 0.238. The molecule has 5 rings (SSSR count). The van der Waals surface area contributed by atoms with Crippen LogP contribution >= 0.6 is 11.6 Å². The second-order valence-electron chi connectivity index (χ2n) is 7.45. The Labute approximate surface area is 177 Å². The standard InChI is InChI=1S/C21H19ClN6O2/c22-16-4-2-1-3-12(16)10-23-17-9-18(25-15-5-6-15)28-20(26-17)14(11-24-28)7-13-8-19(29)27-21(13)30/h1-4,7,9,11,15,25H,5-6,8,10H2,(H,23,26)(H,27,29,30). The van der Waals surface area contributed by atoms with E-state index in [0.717, 1.165) is 24.2 Å². The molecular formula is C21H19ClN6O2. The lowest BCUT2D eigenvalue weighted by atomic mass is 10.1. The van der Waals surface area contributed by atoms with Gasteiger partial charge in [-0.1, -0.05) is 29.8 Å². The summed E-state index contributed by atoms with van der Waals surface area (Å²) < 4.78 is 1.72. The van der Waals surface area contributed by atoms with E-state index in [1.807, 2.05) is 30.3 Å². The third-order valence-electron chi connectivity index (χ3n) is 5.07. The lowest BCUT2D eigenvalue weighted by molar-refractivity contribution is -0.124. The molecule has 0 atom stereocenters. The Morgan fingerprint density at radius 1 is 1.27 bits per heavy atom.